The average Bonchev–Trinajstić information content (AvgIpc) is 2.94. The van der Waals surface area contributed by atoms with Gasteiger partial charge in [-0.3, -0.25) is 14.9 Å². The van der Waals surface area contributed by atoms with Crippen LogP contribution in [0.15, 0.2) is 40.8 Å². The van der Waals surface area contributed by atoms with Gasteiger partial charge in [0.1, 0.15) is 4.92 Å². The highest BCUT2D eigenvalue weighted by atomic mass is 35.5. The minimum absolute atomic E-state index is 0.0630. The lowest BCUT2D eigenvalue weighted by atomic mass is 9.71. The number of amides is 1. The lowest BCUT2D eigenvalue weighted by molar-refractivity contribution is -0.402. The van der Waals surface area contributed by atoms with E-state index < -0.39 is 22.3 Å². The van der Waals surface area contributed by atoms with Gasteiger partial charge in [-0.1, -0.05) is 23.7 Å². The summed E-state index contributed by atoms with van der Waals surface area (Å²) < 4.78 is 4.94. The van der Waals surface area contributed by atoms with E-state index >= 15 is 0 Å². The fourth-order valence-electron chi connectivity index (χ4n) is 2.61. The lowest BCUT2D eigenvalue weighted by Crippen LogP contribution is -2.50. The van der Waals surface area contributed by atoms with Crippen LogP contribution in [0.5, 0.6) is 0 Å². The molecule has 0 atom stereocenters. The number of benzene rings is 1. The number of carbonyl (C=O) groups excluding carboxylic acids is 1. The topological polar surface area (TPSA) is 85.4 Å². The number of hydrogen-bond acceptors (Lipinski definition) is 4. The van der Waals surface area contributed by atoms with Crippen molar-refractivity contribution >= 4 is 23.4 Å². The molecule has 1 aliphatic carbocycles. The summed E-state index contributed by atoms with van der Waals surface area (Å²) in [6, 6.07) is 9.80. The van der Waals surface area contributed by atoms with Crippen LogP contribution >= 0.6 is 11.6 Å². The molecule has 7 heteroatoms. The summed E-state index contributed by atoms with van der Waals surface area (Å²) in [5, 5.41) is 14.2. The summed E-state index contributed by atoms with van der Waals surface area (Å²) in [7, 11) is 0. The Morgan fingerprint density at radius 3 is 2.41 bits per heavy atom. The van der Waals surface area contributed by atoms with E-state index in [0.717, 1.165) is 24.8 Å². The molecule has 6 nitrogen and oxygen atoms in total. The molecule has 1 aliphatic rings. The van der Waals surface area contributed by atoms with Gasteiger partial charge >= 0.3 is 5.88 Å². The number of nitro groups is 1. The first-order valence-electron chi connectivity index (χ1n) is 6.83. The van der Waals surface area contributed by atoms with Crippen molar-refractivity contribution in [2.24, 2.45) is 0 Å². The van der Waals surface area contributed by atoms with Crippen LogP contribution in [0, 0.1) is 10.1 Å². The summed E-state index contributed by atoms with van der Waals surface area (Å²) >= 11 is 5.89. The van der Waals surface area contributed by atoms with Gasteiger partial charge in [0.2, 0.25) is 0 Å². The first-order valence-corrected chi connectivity index (χ1v) is 7.21. The second-order valence-electron chi connectivity index (χ2n) is 5.29. The zero-order valence-corrected chi connectivity index (χ0v) is 12.3. The van der Waals surface area contributed by atoms with Crippen molar-refractivity contribution in [3.05, 3.63) is 62.9 Å². The molecule has 3 rings (SSSR count). The van der Waals surface area contributed by atoms with E-state index in [4.69, 9.17) is 16.0 Å². The molecule has 0 saturated heterocycles. The summed E-state index contributed by atoms with van der Waals surface area (Å²) in [5.74, 6) is -0.964. The van der Waals surface area contributed by atoms with Gasteiger partial charge in [-0.25, -0.2) is 0 Å². The predicted molar refractivity (Wildman–Crippen MR) is 79.8 cm³/mol. The quantitative estimate of drug-likeness (QED) is 0.688. The molecule has 0 unspecified atom stereocenters. The molecule has 0 spiro atoms. The molecule has 0 bridgehead atoms. The van der Waals surface area contributed by atoms with Crippen LogP contribution in [0.25, 0.3) is 0 Å². The Hall–Kier alpha value is -2.34. The standard InChI is InChI=1S/C15H13ClN2O4/c16-11-4-2-10(3-5-11)15(8-1-9-15)17-14(19)12-6-7-13(22-12)18(20)21/h2-7H,1,8-9H2,(H,17,19). The molecule has 22 heavy (non-hydrogen) atoms. The Morgan fingerprint density at radius 1 is 1.23 bits per heavy atom. The van der Waals surface area contributed by atoms with Crippen molar-refractivity contribution in [2.75, 3.05) is 0 Å². The number of nitrogens with one attached hydrogen (secondary N) is 1. The minimum atomic E-state index is -0.672. The van der Waals surface area contributed by atoms with Gasteiger partial charge in [0, 0.05) is 5.02 Å². The van der Waals surface area contributed by atoms with Crippen molar-refractivity contribution in [1.29, 1.82) is 0 Å². The Labute approximate surface area is 131 Å². The summed E-state index contributed by atoms with van der Waals surface area (Å²) in [6.07, 6.45) is 2.62. The fourth-order valence-corrected chi connectivity index (χ4v) is 2.74. The van der Waals surface area contributed by atoms with E-state index in [0.29, 0.717) is 5.02 Å². The molecule has 1 saturated carbocycles. The average molecular weight is 321 g/mol. The molecule has 1 amide bonds. The fraction of sp³-hybridized carbons (Fsp3) is 0.267. The lowest BCUT2D eigenvalue weighted by Gasteiger charge is -2.43. The highest BCUT2D eigenvalue weighted by Gasteiger charge is 2.40. The van der Waals surface area contributed by atoms with Gasteiger partial charge < -0.3 is 9.73 Å². The van der Waals surface area contributed by atoms with Crippen molar-refractivity contribution in [1.82, 2.24) is 5.32 Å². The first kappa shape index (κ1) is 14.6. The summed E-state index contributed by atoms with van der Waals surface area (Å²) in [5.41, 5.74) is 0.515. The monoisotopic (exact) mass is 320 g/mol. The summed E-state index contributed by atoms with van der Waals surface area (Å²) in [4.78, 5) is 22.2. The number of rotatable bonds is 4. The van der Waals surface area contributed by atoms with Gasteiger partial charge in [0.25, 0.3) is 5.91 Å². The Bertz CT molecular complexity index is 719. The van der Waals surface area contributed by atoms with Crippen molar-refractivity contribution in [2.45, 2.75) is 24.8 Å². The van der Waals surface area contributed by atoms with E-state index in [1.807, 2.05) is 12.1 Å². The molecule has 1 aromatic heterocycles. The Balaban J connectivity index is 1.81. The molecular weight excluding hydrogens is 308 g/mol. The van der Waals surface area contributed by atoms with Crippen LogP contribution in [-0.4, -0.2) is 10.8 Å². The molecule has 114 valence electrons. The van der Waals surface area contributed by atoms with Gasteiger partial charge in [-0.15, -0.1) is 0 Å². The maximum Gasteiger partial charge on any atom is 0.433 e. The van der Waals surface area contributed by atoms with E-state index in [-0.39, 0.29) is 5.76 Å². The Morgan fingerprint density at radius 2 is 1.91 bits per heavy atom. The van der Waals surface area contributed by atoms with E-state index in [9.17, 15) is 14.9 Å². The molecule has 1 heterocycles. The van der Waals surface area contributed by atoms with E-state index in [2.05, 4.69) is 5.32 Å². The first-order chi connectivity index (χ1) is 10.5. The number of furan rings is 1. The third-order valence-electron chi connectivity index (χ3n) is 3.95. The maximum atomic E-state index is 12.3. The number of hydrogen-bond donors (Lipinski definition) is 1. The third-order valence-corrected chi connectivity index (χ3v) is 4.20. The highest BCUT2D eigenvalue weighted by molar-refractivity contribution is 6.30. The van der Waals surface area contributed by atoms with Crippen LogP contribution in [0.3, 0.4) is 0 Å². The smallest absolute Gasteiger partial charge is 0.395 e. The van der Waals surface area contributed by atoms with Crippen LogP contribution in [0.4, 0.5) is 5.88 Å². The van der Waals surface area contributed by atoms with E-state index in [1.54, 1.807) is 12.1 Å². The third kappa shape index (κ3) is 2.57. The van der Waals surface area contributed by atoms with Crippen molar-refractivity contribution in [3.8, 4) is 0 Å². The van der Waals surface area contributed by atoms with Gasteiger partial charge in [0.05, 0.1) is 11.6 Å². The zero-order chi connectivity index (χ0) is 15.7. The zero-order valence-electron chi connectivity index (χ0n) is 11.5. The molecule has 1 aromatic carbocycles. The van der Waals surface area contributed by atoms with E-state index in [1.165, 1.54) is 12.1 Å². The highest BCUT2D eigenvalue weighted by Crippen LogP contribution is 2.41. The number of carbonyl (C=O) groups is 1. The van der Waals surface area contributed by atoms with Crippen molar-refractivity contribution in [3.63, 3.8) is 0 Å². The van der Waals surface area contributed by atoms with Crippen molar-refractivity contribution < 1.29 is 14.1 Å². The SMILES string of the molecule is O=C(NC1(c2ccc(Cl)cc2)CCC1)c1ccc([N+](=O)[O-])o1. The number of halogens is 1. The molecule has 1 fully saturated rings. The molecule has 0 aliphatic heterocycles. The molecule has 0 radical (unpaired) electrons. The largest absolute Gasteiger partial charge is 0.433 e. The second-order valence-corrected chi connectivity index (χ2v) is 5.73. The normalized spacial score (nSPS) is 15.9. The predicted octanol–water partition coefficient (Wildman–Crippen LogP) is 3.65. The van der Waals surface area contributed by atoms with Gasteiger partial charge in [-0.2, -0.15) is 0 Å². The Kier molecular flexibility index (Phi) is 3.62. The van der Waals surface area contributed by atoms with Crippen LogP contribution in [-0.2, 0) is 5.54 Å². The molecule has 1 N–H and O–H groups in total. The molecule has 2 aromatic rings. The van der Waals surface area contributed by atoms with Gasteiger partial charge in [0.15, 0.2) is 5.76 Å². The minimum Gasteiger partial charge on any atom is -0.395 e. The molecular formula is C15H13ClN2O4. The number of nitrogens with zero attached hydrogens (tertiary/aromatic N) is 1. The van der Waals surface area contributed by atoms with Crippen LogP contribution in [0.1, 0.15) is 35.4 Å². The summed E-state index contributed by atoms with van der Waals surface area (Å²) in [6.45, 7) is 0. The second kappa shape index (κ2) is 5.46. The van der Waals surface area contributed by atoms with Crippen LogP contribution in [0.2, 0.25) is 5.02 Å². The van der Waals surface area contributed by atoms with Gasteiger partial charge in [-0.05, 0) is 43.0 Å². The maximum absolute atomic E-state index is 12.3. The van der Waals surface area contributed by atoms with Crippen LogP contribution < -0.4 is 5.32 Å².